The molecule has 0 amide bonds. The Bertz CT molecular complexity index is 304. The van der Waals surface area contributed by atoms with Crippen molar-refractivity contribution in [2.45, 2.75) is 13.8 Å². The number of hydrogen-bond donors (Lipinski definition) is 0. The fourth-order valence-electron chi connectivity index (χ4n) is 0.753. The zero-order valence-corrected chi connectivity index (χ0v) is 7.81. The first-order chi connectivity index (χ1) is 5.15. The van der Waals surface area contributed by atoms with Crippen molar-refractivity contribution in [1.82, 2.24) is 9.97 Å². The molecule has 0 saturated heterocycles. The van der Waals surface area contributed by atoms with Crippen molar-refractivity contribution in [2.24, 2.45) is 0 Å². The molecule has 0 radical (unpaired) electrons. The highest BCUT2D eigenvalue weighted by molar-refractivity contribution is 9.10. The van der Waals surface area contributed by atoms with E-state index >= 15 is 0 Å². The van der Waals surface area contributed by atoms with E-state index in [2.05, 4.69) is 25.9 Å². The summed E-state index contributed by atoms with van der Waals surface area (Å²) in [6.07, 6.45) is 0. The molecular weight excluding hydrogens is 206 g/mol. The molecule has 0 fully saturated rings. The Labute approximate surface area is 73.2 Å². The van der Waals surface area contributed by atoms with Gasteiger partial charge in [0.25, 0.3) is 0 Å². The minimum atomic E-state index is 0.225. The van der Waals surface area contributed by atoms with Crippen LogP contribution >= 0.6 is 15.9 Å². The van der Waals surface area contributed by atoms with Crippen molar-refractivity contribution < 1.29 is 0 Å². The van der Waals surface area contributed by atoms with Gasteiger partial charge in [0.1, 0.15) is 6.07 Å². The number of hydrogen-bond acceptors (Lipinski definition) is 3. The Balaban J connectivity index is 3.35. The van der Waals surface area contributed by atoms with Crippen LogP contribution < -0.4 is 0 Å². The first-order valence-electron chi connectivity index (χ1n) is 3.06. The topological polar surface area (TPSA) is 49.6 Å². The van der Waals surface area contributed by atoms with E-state index in [1.807, 2.05) is 19.9 Å². The van der Waals surface area contributed by atoms with E-state index in [1.165, 1.54) is 0 Å². The molecule has 0 bridgehead atoms. The highest BCUT2D eigenvalue weighted by Gasteiger charge is 2.03. The molecule has 1 aromatic rings. The van der Waals surface area contributed by atoms with Crippen molar-refractivity contribution >= 4 is 15.9 Å². The second kappa shape index (κ2) is 2.97. The molecule has 1 rings (SSSR count). The van der Waals surface area contributed by atoms with Gasteiger partial charge in [-0.2, -0.15) is 5.26 Å². The molecule has 1 aromatic heterocycles. The van der Waals surface area contributed by atoms with Crippen molar-refractivity contribution in [1.29, 1.82) is 5.26 Å². The third kappa shape index (κ3) is 1.55. The van der Waals surface area contributed by atoms with Crippen molar-refractivity contribution in [3.05, 3.63) is 21.7 Å². The number of aryl methyl sites for hydroxylation is 2. The second-order valence-electron chi connectivity index (χ2n) is 2.14. The SMILES string of the molecule is Cc1nc(C#N)nc(C)c1Br. The van der Waals surface area contributed by atoms with Gasteiger partial charge in [-0.15, -0.1) is 0 Å². The maximum Gasteiger partial charge on any atom is 0.232 e. The Morgan fingerprint density at radius 3 is 2.09 bits per heavy atom. The number of aromatic nitrogens is 2. The second-order valence-corrected chi connectivity index (χ2v) is 2.94. The monoisotopic (exact) mass is 211 g/mol. The molecule has 0 aliphatic rings. The van der Waals surface area contributed by atoms with Crippen molar-refractivity contribution in [2.75, 3.05) is 0 Å². The number of halogens is 1. The molecule has 0 spiro atoms. The Morgan fingerprint density at radius 2 is 1.73 bits per heavy atom. The lowest BCUT2D eigenvalue weighted by atomic mass is 10.3. The van der Waals surface area contributed by atoms with Crippen molar-refractivity contribution in [3.8, 4) is 6.07 Å². The third-order valence-electron chi connectivity index (χ3n) is 1.28. The highest BCUT2D eigenvalue weighted by Crippen LogP contribution is 2.16. The number of nitrogens with zero attached hydrogens (tertiary/aromatic N) is 3. The van der Waals surface area contributed by atoms with Gasteiger partial charge in [0.15, 0.2) is 0 Å². The first kappa shape index (κ1) is 8.15. The lowest BCUT2D eigenvalue weighted by molar-refractivity contribution is 1.00. The summed E-state index contributed by atoms with van der Waals surface area (Å²) in [5.41, 5.74) is 1.60. The summed E-state index contributed by atoms with van der Waals surface area (Å²) < 4.78 is 0.872. The largest absolute Gasteiger partial charge is 0.232 e. The number of nitriles is 1. The van der Waals surface area contributed by atoms with Gasteiger partial charge in [-0.25, -0.2) is 9.97 Å². The fourth-order valence-corrected chi connectivity index (χ4v) is 0.930. The van der Waals surface area contributed by atoms with Gasteiger partial charge in [-0.05, 0) is 29.8 Å². The molecule has 11 heavy (non-hydrogen) atoms. The Hall–Kier alpha value is -0.950. The lowest BCUT2D eigenvalue weighted by Crippen LogP contribution is -1.96. The van der Waals surface area contributed by atoms with Gasteiger partial charge in [0.2, 0.25) is 5.82 Å². The summed E-state index contributed by atoms with van der Waals surface area (Å²) >= 11 is 3.31. The summed E-state index contributed by atoms with van der Waals surface area (Å²) in [6, 6.07) is 1.89. The van der Waals surface area contributed by atoms with Gasteiger partial charge in [0, 0.05) is 0 Å². The molecule has 0 unspecified atom stereocenters. The van der Waals surface area contributed by atoms with E-state index in [1.54, 1.807) is 0 Å². The maximum absolute atomic E-state index is 8.49. The van der Waals surface area contributed by atoms with Crippen LogP contribution in [0.25, 0.3) is 0 Å². The van der Waals surface area contributed by atoms with E-state index in [0.717, 1.165) is 15.9 Å². The van der Waals surface area contributed by atoms with Gasteiger partial charge < -0.3 is 0 Å². The predicted octanol–water partition coefficient (Wildman–Crippen LogP) is 1.73. The number of rotatable bonds is 0. The molecule has 56 valence electrons. The van der Waals surface area contributed by atoms with Crippen LogP contribution in [0.15, 0.2) is 4.47 Å². The van der Waals surface area contributed by atoms with Crippen LogP contribution in [0.4, 0.5) is 0 Å². The van der Waals surface area contributed by atoms with Crippen LogP contribution in [0.5, 0.6) is 0 Å². The van der Waals surface area contributed by atoms with Crippen molar-refractivity contribution in [3.63, 3.8) is 0 Å². The zero-order valence-electron chi connectivity index (χ0n) is 6.22. The predicted molar refractivity (Wildman–Crippen MR) is 43.9 cm³/mol. The Morgan fingerprint density at radius 1 is 1.27 bits per heavy atom. The van der Waals surface area contributed by atoms with Crippen LogP contribution in [0.3, 0.4) is 0 Å². The van der Waals surface area contributed by atoms with Crippen LogP contribution in [0.1, 0.15) is 17.2 Å². The molecule has 0 saturated carbocycles. The molecule has 0 aliphatic heterocycles. The summed E-state index contributed by atoms with van der Waals surface area (Å²) in [6.45, 7) is 3.67. The van der Waals surface area contributed by atoms with E-state index in [4.69, 9.17) is 5.26 Å². The summed E-state index contributed by atoms with van der Waals surface area (Å²) in [5, 5.41) is 8.49. The Kier molecular flexibility index (Phi) is 2.20. The summed E-state index contributed by atoms with van der Waals surface area (Å²) in [4.78, 5) is 7.87. The molecule has 0 aliphatic carbocycles. The van der Waals surface area contributed by atoms with Crippen LogP contribution in [-0.2, 0) is 0 Å². The fraction of sp³-hybridized carbons (Fsp3) is 0.286. The standard InChI is InChI=1S/C7H6BrN3/c1-4-7(8)5(2)11-6(3-9)10-4/h1-2H3. The van der Waals surface area contributed by atoms with E-state index in [9.17, 15) is 0 Å². The van der Waals surface area contributed by atoms with Crippen LogP contribution in [-0.4, -0.2) is 9.97 Å². The summed E-state index contributed by atoms with van der Waals surface area (Å²) in [5.74, 6) is 0.225. The molecule has 0 aromatic carbocycles. The maximum atomic E-state index is 8.49. The third-order valence-corrected chi connectivity index (χ3v) is 2.43. The quantitative estimate of drug-likeness (QED) is 0.657. The van der Waals surface area contributed by atoms with Gasteiger partial charge >= 0.3 is 0 Å². The summed E-state index contributed by atoms with van der Waals surface area (Å²) in [7, 11) is 0. The minimum absolute atomic E-state index is 0.225. The average molecular weight is 212 g/mol. The average Bonchev–Trinajstić information content (AvgIpc) is 1.99. The molecule has 3 nitrogen and oxygen atoms in total. The molecule has 4 heteroatoms. The molecule has 0 atom stereocenters. The normalized spacial score (nSPS) is 9.27. The molecular formula is C7H6BrN3. The van der Waals surface area contributed by atoms with Gasteiger partial charge in [-0.1, -0.05) is 0 Å². The highest BCUT2D eigenvalue weighted by atomic mass is 79.9. The van der Waals surface area contributed by atoms with E-state index < -0.39 is 0 Å². The zero-order chi connectivity index (χ0) is 8.43. The molecule has 0 N–H and O–H groups in total. The van der Waals surface area contributed by atoms with Gasteiger partial charge in [-0.3, -0.25) is 0 Å². The van der Waals surface area contributed by atoms with E-state index in [-0.39, 0.29) is 5.82 Å². The minimum Gasteiger partial charge on any atom is -0.223 e. The van der Waals surface area contributed by atoms with Gasteiger partial charge in [0.05, 0.1) is 15.9 Å². The smallest absolute Gasteiger partial charge is 0.223 e. The van der Waals surface area contributed by atoms with E-state index in [0.29, 0.717) is 0 Å². The molecule has 1 heterocycles. The lowest BCUT2D eigenvalue weighted by Gasteiger charge is -1.99. The first-order valence-corrected chi connectivity index (χ1v) is 3.85. The van der Waals surface area contributed by atoms with Crippen LogP contribution in [0.2, 0.25) is 0 Å². The van der Waals surface area contributed by atoms with Crippen LogP contribution in [0, 0.1) is 25.2 Å².